The fourth-order valence-corrected chi connectivity index (χ4v) is 4.73. The molecule has 0 saturated carbocycles. The highest BCUT2D eigenvalue weighted by Crippen LogP contribution is 2.38. The van der Waals surface area contributed by atoms with E-state index >= 15 is 0 Å². The molecule has 0 aliphatic rings. The number of nitrogens with two attached hydrogens (primary N) is 1. The summed E-state index contributed by atoms with van der Waals surface area (Å²) < 4.78 is 5.53. The van der Waals surface area contributed by atoms with Gasteiger partial charge in [0.2, 0.25) is 5.91 Å². The predicted molar refractivity (Wildman–Crippen MR) is 108 cm³/mol. The van der Waals surface area contributed by atoms with Crippen LogP contribution in [0.25, 0.3) is 21.3 Å². The van der Waals surface area contributed by atoms with Gasteiger partial charge in [-0.25, -0.2) is 9.97 Å². The second-order valence-electron chi connectivity index (χ2n) is 5.78. The third-order valence-corrected chi connectivity index (χ3v) is 5.73. The number of aromatic nitrogens is 2. The second kappa shape index (κ2) is 8.51. The van der Waals surface area contributed by atoms with E-state index < -0.39 is 0 Å². The van der Waals surface area contributed by atoms with Gasteiger partial charge in [-0.2, -0.15) is 0 Å². The van der Waals surface area contributed by atoms with Crippen LogP contribution in [0.4, 0.5) is 0 Å². The Bertz CT molecular complexity index is 907. The molecular formula is C19H21N3O2S2. The highest BCUT2D eigenvalue weighted by Gasteiger charge is 2.15. The molecule has 2 heterocycles. The lowest BCUT2D eigenvalue weighted by Crippen LogP contribution is -2.10. The smallest absolute Gasteiger partial charge is 0.217 e. The lowest BCUT2D eigenvalue weighted by atomic mass is 10.1. The molecule has 5 nitrogen and oxygen atoms in total. The first-order valence-corrected chi connectivity index (χ1v) is 10.3. The van der Waals surface area contributed by atoms with E-state index in [0.717, 1.165) is 50.1 Å². The normalized spacial score (nSPS) is 11.0. The molecule has 0 saturated heterocycles. The van der Waals surface area contributed by atoms with Gasteiger partial charge in [-0.1, -0.05) is 12.1 Å². The number of hydrogen-bond donors (Lipinski definition) is 1. The van der Waals surface area contributed by atoms with Crippen LogP contribution in [0.3, 0.4) is 0 Å². The predicted octanol–water partition coefficient (Wildman–Crippen LogP) is 4.42. The van der Waals surface area contributed by atoms with E-state index in [1.54, 1.807) is 23.1 Å². The quantitative estimate of drug-likeness (QED) is 0.352. The number of rotatable bonds is 8. The first kappa shape index (κ1) is 18.7. The van der Waals surface area contributed by atoms with Crippen molar-refractivity contribution >= 4 is 39.2 Å². The van der Waals surface area contributed by atoms with Crippen LogP contribution in [-0.4, -0.2) is 28.2 Å². The minimum absolute atomic E-state index is 0.264. The molecule has 0 aliphatic carbocycles. The van der Waals surface area contributed by atoms with E-state index in [-0.39, 0.29) is 5.91 Å². The molecule has 2 aromatic heterocycles. The van der Waals surface area contributed by atoms with Gasteiger partial charge in [0.1, 0.15) is 21.4 Å². The van der Waals surface area contributed by atoms with E-state index in [1.165, 1.54) is 0 Å². The molecule has 1 aromatic carbocycles. The van der Waals surface area contributed by atoms with Gasteiger partial charge < -0.3 is 10.5 Å². The van der Waals surface area contributed by atoms with Gasteiger partial charge in [0.05, 0.1) is 12.0 Å². The average molecular weight is 388 g/mol. The second-order valence-corrected chi connectivity index (χ2v) is 7.72. The number of benzene rings is 1. The van der Waals surface area contributed by atoms with Crippen LogP contribution in [0.1, 0.15) is 25.6 Å². The number of carbonyl (C=O) groups excluding carboxylic acids is 1. The van der Waals surface area contributed by atoms with E-state index in [1.807, 2.05) is 26.0 Å². The summed E-state index contributed by atoms with van der Waals surface area (Å²) >= 11 is 3.28. The SMILES string of the molecule is CCOc1ccc(-c2csc3nc(C)nc(SCCCC(N)=O)c23)cc1. The third kappa shape index (κ3) is 4.34. The summed E-state index contributed by atoms with van der Waals surface area (Å²) in [6, 6.07) is 8.09. The Morgan fingerprint density at radius 3 is 2.73 bits per heavy atom. The number of thioether (sulfide) groups is 1. The molecule has 2 N–H and O–H groups in total. The van der Waals surface area contributed by atoms with Gasteiger partial charge in [0.25, 0.3) is 0 Å². The highest BCUT2D eigenvalue weighted by atomic mass is 32.2. The molecular weight excluding hydrogens is 366 g/mol. The fourth-order valence-electron chi connectivity index (χ4n) is 2.64. The van der Waals surface area contributed by atoms with Gasteiger partial charge in [0, 0.05) is 23.1 Å². The van der Waals surface area contributed by atoms with Gasteiger partial charge in [-0.05, 0) is 38.0 Å². The summed E-state index contributed by atoms with van der Waals surface area (Å²) in [5, 5.41) is 4.16. The first-order valence-electron chi connectivity index (χ1n) is 8.48. The van der Waals surface area contributed by atoms with Crippen LogP contribution >= 0.6 is 23.1 Å². The first-order chi connectivity index (χ1) is 12.6. The molecule has 0 bridgehead atoms. The van der Waals surface area contributed by atoms with Crippen molar-refractivity contribution in [1.29, 1.82) is 0 Å². The van der Waals surface area contributed by atoms with E-state index in [4.69, 9.17) is 10.5 Å². The van der Waals surface area contributed by atoms with Crippen molar-refractivity contribution in [2.45, 2.75) is 31.7 Å². The van der Waals surface area contributed by atoms with Gasteiger partial charge in [0.15, 0.2) is 0 Å². The van der Waals surface area contributed by atoms with E-state index in [0.29, 0.717) is 13.0 Å². The molecule has 3 rings (SSSR count). The van der Waals surface area contributed by atoms with Crippen LogP contribution < -0.4 is 10.5 Å². The zero-order valence-electron chi connectivity index (χ0n) is 14.8. The third-order valence-electron chi connectivity index (χ3n) is 3.79. The summed E-state index contributed by atoms with van der Waals surface area (Å²) in [5.41, 5.74) is 7.47. The number of primary amides is 1. The number of carbonyl (C=O) groups is 1. The number of hydrogen-bond acceptors (Lipinski definition) is 6. The molecule has 0 radical (unpaired) electrons. The summed E-state index contributed by atoms with van der Waals surface area (Å²) in [7, 11) is 0. The Labute approximate surface area is 161 Å². The van der Waals surface area contributed by atoms with Gasteiger partial charge in [-0.3, -0.25) is 4.79 Å². The summed E-state index contributed by atoms with van der Waals surface area (Å²) in [4.78, 5) is 21.1. The molecule has 0 aliphatic heterocycles. The van der Waals surface area contributed by atoms with Crippen molar-refractivity contribution in [1.82, 2.24) is 9.97 Å². The largest absolute Gasteiger partial charge is 0.494 e. The minimum atomic E-state index is -0.264. The topological polar surface area (TPSA) is 78.1 Å². The molecule has 0 fully saturated rings. The summed E-state index contributed by atoms with van der Waals surface area (Å²) in [6.45, 7) is 4.53. The monoisotopic (exact) mass is 387 g/mol. The summed E-state index contributed by atoms with van der Waals surface area (Å²) in [6.07, 6.45) is 1.14. The van der Waals surface area contributed by atoms with Crippen LogP contribution in [-0.2, 0) is 4.79 Å². The van der Waals surface area contributed by atoms with E-state index in [9.17, 15) is 4.79 Å². The van der Waals surface area contributed by atoms with Crippen molar-refractivity contribution in [3.63, 3.8) is 0 Å². The number of fused-ring (bicyclic) bond motifs is 1. The number of ether oxygens (including phenoxy) is 1. The van der Waals surface area contributed by atoms with Crippen molar-refractivity contribution in [3.8, 4) is 16.9 Å². The zero-order valence-corrected chi connectivity index (χ0v) is 16.5. The summed E-state index contributed by atoms with van der Waals surface area (Å²) in [5.74, 6) is 2.16. The maximum atomic E-state index is 10.9. The Kier molecular flexibility index (Phi) is 6.11. The number of thiophene rings is 1. The van der Waals surface area contributed by atoms with Gasteiger partial charge in [-0.15, -0.1) is 23.1 Å². The molecule has 0 spiro atoms. The Morgan fingerprint density at radius 1 is 1.27 bits per heavy atom. The number of aryl methyl sites for hydroxylation is 1. The lowest BCUT2D eigenvalue weighted by molar-refractivity contribution is -0.118. The van der Waals surface area contributed by atoms with Crippen molar-refractivity contribution in [2.24, 2.45) is 5.73 Å². The highest BCUT2D eigenvalue weighted by molar-refractivity contribution is 7.99. The molecule has 1 amide bonds. The maximum absolute atomic E-state index is 10.9. The van der Waals surface area contributed by atoms with Crippen molar-refractivity contribution in [3.05, 3.63) is 35.5 Å². The van der Waals surface area contributed by atoms with Crippen LogP contribution in [0.2, 0.25) is 0 Å². The average Bonchev–Trinajstić information content (AvgIpc) is 3.03. The molecule has 136 valence electrons. The van der Waals surface area contributed by atoms with Crippen LogP contribution in [0, 0.1) is 6.92 Å². The minimum Gasteiger partial charge on any atom is -0.494 e. The molecule has 3 aromatic rings. The number of nitrogens with zero attached hydrogens (tertiary/aromatic N) is 2. The van der Waals surface area contributed by atoms with E-state index in [2.05, 4.69) is 27.5 Å². The Balaban J connectivity index is 1.92. The molecule has 7 heteroatoms. The fraction of sp³-hybridized carbons (Fsp3) is 0.316. The van der Waals surface area contributed by atoms with Gasteiger partial charge >= 0.3 is 0 Å². The van der Waals surface area contributed by atoms with Crippen LogP contribution in [0.15, 0.2) is 34.7 Å². The number of amides is 1. The Morgan fingerprint density at radius 2 is 2.04 bits per heavy atom. The zero-order chi connectivity index (χ0) is 18.5. The lowest BCUT2D eigenvalue weighted by Gasteiger charge is -2.08. The van der Waals surface area contributed by atoms with Crippen LogP contribution in [0.5, 0.6) is 5.75 Å². The standard InChI is InChI=1S/C19H21N3O2S2/c1-3-24-14-8-6-13(7-9-14)15-11-26-19-17(15)18(21-12(2)22-19)25-10-4-5-16(20)23/h6-9,11H,3-5,10H2,1-2H3,(H2,20,23). The Hall–Kier alpha value is -2.12. The molecule has 0 unspecified atom stereocenters. The molecule has 26 heavy (non-hydrogen) atoms. The maximum Gasteiger partial charge on any atom is 0.217 e. The van der Waals surface area contributed by atoms with Crippen molar-refractivity contribution < 1.29 is 9.53 Å². The molecule has 0 atom stereocenters. The van der Waals surface area contributed by atoms with Crippen molar-refractivity contribution in [2.75, 3.05) is 12.4 Å².